The number of aromatic nitrogens is 10. The molecule has 8 aromatic heterocycles. The number of para-hydroxylation sites is 5. The van der Waals surface area contributed by atoms with E-state index in [4.69, 9.17) is 29.9 Å². The second-order valence-electron chi connectivity index (χ2n) is 42.2. The van der Waals surface area contributed by atoms with Crippen molar-refractivity contribution in [2.45, 2.75) is 58.5 Å². The summed E-state index contributed by atoms with van der Waals surface area (Å²) in [4.78, 5) is 31.8. The molecule has 19 aromatic carbocycles. The number of hydrogen-bond donors (Lipinski definition) is 0. The zero-order valence-electron chi connectivity index (χ0n) is 83.6. The topological polar surface area (TPSA) is 97.1 Å². The lowest BCUT2D eigenvalue weighted by atomic mass is 9.80. The Labute approximate surface area is 869 Å². The van der Waals surface area contributed by atoms with E-state index >= 15 is 0 Å². The molecule has 149 heavy (non-hydrogen) atoms. The predicted molar refractivity (Wildman–Crippen MR) is 633 cm³/mol. The third-order valence-electron chi connectivity index (χ3n) is 32.5. The fourth-order valence-electron chi connectivity index (χ4n) is 25.7. The number of fused-ring (bicyclic) bond motifs is 30. The monoisotopic (exact) mass is 1970 g/mol. The Morgan fingerprint density at radius 1 is 0.215 bits per heavy atom. The summed E-state index contributed by atoms with van der Waals surface area (Å²) < 4.78 is 12.4. The van der Waals surface area contributed by atoms with E-state index in [-0.39, 0.29) is 5.41 Å². The molecule has 0 N–H and O–H groups in total. The first kappa shape index (κ1) is 88.0. The molecule has 3 aliphatic heterocycles. The molecule has 0 fully saturated rings. The zero-order valence-corrected chi connectivity index (χ0v) is 87.4. The molecule has 0 atom stereocenters. The van der Waals surface area contributed by atoms with E-state index in [1.54, 1.807) is 0 Å². The third-order valence-corrected chi connectivity index (χ3v) is 44.2. The minimum absolute atomic E-state index is 0.0949. The standard InChI is InChI=1S/C48H34N4Si.C45H35N3Si.C42H29N3SSi/c1-53(2)42-24-14-11-21-38(42)45-47(53)44(49-48(50-45)32-15-5-3-6-16-32)31-25-27-34(28-26-31)51-40-23-13-10-20-37(40)43-41(51)30-29-36-35-19-9-12-22-39(35)52(46(36)43)33-17-7-4-8-18-33;1-45(2)35-19-11-8-16-31(35)32-26-27-37-39(40(32)45)33-17-9-12-20-36(33)48(37)30-24-22-28(23-25-30)41-43-42(34-18-10-13-21-38(34)49(43,3)4)47-44(46-41)29-14-6-5-7-15-29;1-47(2)36-19-11-8-16-32(36)39-41(47)38(43-42(44-39)27-12-4-3-5-13-27)26-20-22-28(23-21-26)45-33-17-9-6-15-31(33)37-34(45)25-24-30-29-14-7-10-18-35(29)46-40(30)37/h3-30H,1-2H3;5-27H,1-4H3;3-25H,1-2H3. The van der Waals surface area contributed by atoms with Crippen molar-refractivity contribution in [3.63, 3.8) is 0 Å². The largest absolute Gasteiger partial charge is 0.309 e. The normalized spacial score (nSPS) is 13.9. The van der Waals surface area contributed by atoms with Crippen LogP contribution < -0.4 is 31.1 Å². The van der Waals surface area contributed by atoms with Crippen molar-refractivity contribution in [3.05, 3.63) is 460 Å². The molecule has 0 spiro atoms. The maximum atomic E-state index is 5.36. The van der Waals surface area contributed by atoms with Crippen LogP contribution in [0.4, 0.5) is 0 Å². The summed E-state index contributed by atoms with van der Waals surface area (Å²) in [5.74, 6) is 2.32. The highest BCUT2D eigenvalue weighted by molar-refractivity contribution is 7.26. The highest BCUT2D eigenvalue weighted by atomic mass is 32.1. The van der Waals surface area contributed by atoms with E-state index in [0.717, 1.165) is 108 Å². The van der Waals surface area contributed by atoms with E-state index in [1.807, 2.05) is 29.5 Å². The average molecular weight is 1980 g/mol. The molecule has 31 rings (SSSR count). The summed E-state index contributed by atoms with van der Waals surface area (Å²) in [5, 5.41) is 21.2. The summed E-state index contributed by atoms with van der Waals surface area (Å²) in [5.41, 5.74) is 36.4. The van der Waals surface area contributed by atoms with E-state index < -0.39 is 24.2 Å². The summed E-state index contributed by atoms with van der Waals surface area (Å²) in [6, 6.07) is 163. The first-order chi connectivity index (χ1) is 73.0. The quantitative estimate of drug-likeness (QED) is 0.127. The van der Waals surface area contributed by atoms with Gasteiger partial charge in [-0.15, -0.1) is 11.3 Å². The molecule has 0 saturated heterocycles. The molecule has 0 unspecified atom stereocenters. The summed E-state index contributed by atoms with van der Waals surface area (Å²) in [6.07, 6.45) is 0. The Bertz CT molecular complexity index is 10300. The minimum atomic E-state index is -2.08. The second-order valence-corrected chi connectivity index (χ2v) is 56.1. The number of nitrogens with zero attached hydrogens (tertiary/aromatic N) is 10. The van der Waals surface area contributed by atoms with Crippen LogP contribution in [0.2, 0.25) is 39.3 Å². The van der Waals surface area contributed by atoms with Crippen LogP contribution in [0.1, 0.15) is 25.0 Å². The Morgan fingerprint density at radius 3 is 0.973 bits per heavy atom. The highest BCUT2D eigenvalue weighted by Gasteiger charge is 2.46. The summed E-state index contributed by atoms with van der Waals surface area (Å²) in [7, 11) is -6.17. The van der Waals surface area contributed by atoms with Crippen molar-refractivity contribution in [1.82, 2.24) is 48.2 Å². The molecule has 10 nitrogen and oxygen atoms in total. The minimum Gasteiger partial charge on any atom is -0.309 e. The summed E-state index contributed by atoms with van der Waals surface area (Å²) >= 11 is 1.90. The smallest absolute Gasteiger partial charge is 0.160 e. The molecular formula is C135H98N10SSi3. The molecular weight excluding hydrogens is 1880 g/mol. The average Bonchev–Trinajstić information content (AvgIpc) is 1.53. The first-order valence-electron chi connectivity index (χ1n) is 51.6. The maximum absolute atomic E-state index is 5.36. The van der Waals surface area contributed by atoms with Gasteiger partial charge in [0, 0.05) is 125 Å². The predicted octanol–water partition coefficient (Wildman–Crippen LogP) is 30.9. The van der Waals surface area contributed by atoms with Crippen LogP contribution in [-0.2, 0) is 5.41 Å². The lowest BCUT2D eigenvalue weighted by Crippen LogP contribution is -2.50. The molecule has 11 heterocycles. The molecule has 14 heteroatoms. The van der Waals surface area contributed by atoms with Gasteiger partial charge >= 0.3 is 0 Å². The number of rotatable bonds is 10. The SMILES string of the molecule is CC1(C)c2ccccc2-c2ccc3c(c21)c1ccccc1n3-c1ccc(-c2nc(-c3ccccc3)nc3c2[Si](C)(C)c2ccccc2-3)cc1.C[Si]1(C)c2ccccc2-c2nc(-c3ccccc3)nc(-c3ccc(-n4c5ccccc5c5c4ccc4c6ccccc6n(-c6ccccc6)c45)cc3)c21.C[Si]1(C)c2ccccc2-c2nc(-c3ccccc3)nc(-c3ccc(-n4c5ccccc5c5c6sc7ccccc7c6ccc54)cc3)c21. The molecule has 0 bridgehead atoms. The van der Waals surface area contributed by atoms with Crippen LogP contribution in [0.15, 0.2) is 449 Å². The van der Waals surface area contributed by atoms with Gasteiger partial charge in [0.05, 0.1) is 78.3 Å². The molecule has 27 aromatic rings. The van der Waals surface area contributed by atoms with Gasteiger partial charge in [-0.05, 0) is 167 Å². The Morgan fingerprint density at radius 2 is 0.530 bits per heavy atom. The van der Waals surface area contributed by atoms with Crippen molar-refractivity contribution in [2.24, 2.45) is 0 Å². The van der Waals surface area contributed by atoms with Gasteiger partial charge in [-0.2, -0.15) is 0 Å². The van der Waals surface area contributed by atoms with E-state index in [9.17, 15) is 0 Å². The number of benzene rings is 19. The van der Waals surface area contributed by atoms with Gasteiger partial charge in [0.1, 0.15) is 24.2 Å². The molecule has 0 radical (unpaired) electrons. The molecule has 0 saturated carbocycles. The van der Waals surface area contributed by atoms with Crippen LogP contribution in [0, 0.1) is 0 Å². The van der Waals surface area contributed by atoms with Gasteiger partial charge in [0.15, 0.2) is 17.5 Å². The van der Waals surface area contributed by atoms with E-state index in [1.165, 1.54) is 177 Å². The van der Waals surface area contributed by atoms with Gasteiger partial charge < -0.3 is 18.3 Å². The fraction of sp³-hybridized carbons (Fsp3) is 0.0667. The molecule has 0 amide bonds. The molecule has 1 aliphatic carbocycles. The Kier molecular flexibility index (Phi) is 19.8. The van der Waals surface area contributed by atoms with Crippen LogP contribution in [0.25, 0.3) is 243 Å². The van der Waals surface area contributed by atoms with Crippen LogP contribution in [0.5, 0.6) is 0 Å². The van der Waals surface area contributed by atoms with Crippen molar-refractivity contribution >= 4 is 174 Å². The summed E-state index contributed by atoms with van der Waals surface area (Å²) in [6.45, 7) is 19.4. The van der Waals surface area contributed by atoms with Crippen LogP contribution in [0.3, 0.4) is 0 Å². The van der Waals surface area contributed by atoms with Crippen molar-refractivity contribution in [1.29, 1.82) is 0 Å². The van der Waals surface area contributed by atoms with Gasteiger partial charge in [0.25, 0.3) is 0 Å². The van der Waals surface area contributed by atoms with Gasteiger partial charge in [0.2, 0.25) is 0 Å². The lowest BCUT2D eigenvalue weighted by molar-refractivity contribution is 0.666. The van der Waals surface area contributed by atoms with Crippen molar-refractivity contribution in [3.8, 4) is 136 Å². The van der Waals surface area contributed by atoms with Gasteiger partial charge in [-0.1, -0.05) is 405 Å². The van der Waals surface area contributed by atoms with Crippen molar-refractivity contribution in [2.75, 3.05) is 0 Å². The first-order valence-corrected chi connectivity index (χ1v) is 61.4. The van der Waals surface area contributed by atoms with Crippen LogP contribution >= 0.6 is 11.3 Å². The molecule has 706 valence electrons. The van der Waals surface area contributed by atoms with E-state index in [2.05, 4.69) is 502 Å². The van der Waals surface area contributed by atoms with E-state index in [0.29, 0.717) is 0 Å². The molecule has 4 aliphatic rings. The van der Waals surface area contributed by atoms with Crippen molar-refractivity contribution < 1.29 is 0 Å². The Balaban J connectivity index is 0.000000105. The zero-order chi connectivity index (χ0) is 99.6. The van der Waals surface area contributed by atoms with Gasteiger partial charge in [-0.25, -0.2) is 29.9 Å². The lowest BCUT2D eigenvalue weighted by Gasteiger charge is -2.22. The van der Waals surface area contributed by atoms with Crippen LogP contribution in [-0.4, -0.2) is 72.4 Å². The maximum Gasteiger partial charge on any atom is 0.160 e. The number of hydrogen-bond acceptors (Lipinski definition) is 7. The second kappa shape index (κ2) is 33.5. The number of thiophene rings is 1. The fourth-order valence-corrected chi connectivity index (χ4v) is 36.6. The highest BCUT2D eigenvalue weighted by Crippen LogP contribution is 2.55. The Hall–Kier alpha value is -17.5. The third kappa shape index (κ3) is 13.3. The van der Waals surface area contributed by atoms with Gasteiger partial charge in [-0.3, -0.25) is 0 Å².